The quantitative estimate of drug-likeness (QED) is 0.874. The summed E-state index contributed by atoms with van der Waals surface area (Å²) in [5.41, 5.74) is 1.43. The second-order valence-corrected chi connectivity index (χ2v) is 5.72. The zero-order valence-electron chi connectivity index (χ0n) is 9.71. The largest absolute Gasteiger partial charge is 0.355 e. The van der Waals surface area contributed by atoms with E-state index >= 15 is 0 Å². The summed E-state index contributed by atoms with van der Waals surface area (Å²) < 4.78 is 0. The lowest BCUT2D eigenvalue weighted by Gasteiger charge is -2.16. The molecule has 0 aliphatic heterocycles. The smallest absolute Gasteiger partial charge is 0.223 e. The number of hydrogen-bond acceptors (Lipinski definition) is 1. The van der Waals surface area contributed by atoms with Gasteiger partial charge in [0, 0.05) is 22.9 Å². The van der Waals surface area contributed by atoms with Crippen LogP contribution in [0, 0.1) is 5.92 Å². The monoisotopic (exact) mass is 249 g/mol. The Morgan fingerprint density at radius 2 is 2.18 bits per heavy atom. The molecule has 1 aromatic rings. The summed E-state index contributed by atoms with van der Waals surface area (Å²) in [6, 6.07) is 8.02. The van der Waals surface area contributed by atoms with Crippen molar-refractivity contribution in [1.29, 1.82) is 0 Å². The minimum absolute atomic E-state index is 0.162. The van der Waals surface area contributed by atoms with E-state index in [2.05, 4.69) is 11.4 Å². The minimum Gasteiger partial charge on any atom is -0.355 e. The van der Waals surface area contributed by atoms with Gasteiger partial charge in [-0.3, -0.25) is 4.79 Å². The van der Waals surface area contributed by atoms with E-state index in [-0.39, 0.29) is 11.3 Å². The highest BCUT2D eigenvalue weighted by molar-refractivity contribution is 6.30. The standard InChI is InChI=1S/C14H16ClNO/c15-12-3-1-2-11(8-12)14(6-7-14)9-16-13(17)10-4-5-10/h1-3,8,10H,4-7,9H2,(H,16,17). The van der Waals surface area contributed by atoms with E-state index in [0.29, 0.717) is 5.92 Å². The maximum absolute atomic E-state index is 11.6. The van der Waals surface area contributed by atoms with Crippen LogP contribution in [0.25, 0.3) is 0 Å². The Morgan fingerprint density at radius 1 is 1.41 bits per heavy atom. The molecule has 0 bridgehead atoms. The van der Waals surface area contributed by atoms with Crippen molar-refractivity contribution in [3.05, 3.63) is 34.9 Å². The highest BCUT2D eigenvalue weighted by atomic mass is 35.5. The van der Waals surface area contributed by atoms with Gasteiger partial charge in [0.25, 0.3) is 0 Å². The first-order valence-electron chi connectivity index (χ1n) is 6.23. The third-order valence-electron chi connectivity index (χ3n) is 3.84. The maximum Gasteiger partial charge on any atom is 0.223 e. The Bertz CT molecular complexity index is 449. The first-order chi connectivity index (χ1) is 8.20. The normalized spacial score (nSPS) is 21.0. The van der Waals surface area contributed by atoms with Crippen molar-refractivity contribution in [1.82, 2.24) is 5.32 Å². The number of carbonyl (C=O) groups is 1. The first-order valence-corrected chi connectivity index (χ1v) is 6.61. The second-order valence-electron chi connectivity index (χ2n) is 5.28. The highest BCUT2D eigenvalue weighted by Gasteiger charge is 2.45. The Hall–Kier alpha value is -1.02. The van der Waals surface area contributed by atoms with Crippen LogP contribution in [0.3, 0.4) is 0 Å². The van der Waals surface area contributed by atoms with Crippen molar-refractivity contribution >= 4 is 17.5 Å². The summed E-state index contributed by atoms with van der Waals surface area (Å²) in [6.07, 6.45) is 4.43. The molecule has 1 N–H and O–H groups in total. The van der Waals surface area contributed by atoms with Gasteiger partial charge in [-0.25, -0.2) is 0 Å². The Kier molecular flexibility index (Phi) is 2.62. The van der Waals surface area contributed by atoms with Crippen LogP contribution in [0.2, 0.25) is 5.02 Å². The average molecular weight is 250 g/mol. The highest BCUT2D eigenvalue weighted by Crippen LogP contribution is 2.48. The third-order valence-corrected chi connectivity index (χ3v) is 4.07. The predicted octanol–water partition coefficient (Wildman–Crippen LogP) is 2.90. The van der Waals surface area contributed by atoms with E-state index in [0.717, 1.165) is 37.3 Å². The molecule has 0 saturated heterocycles. The van der Waals surface area contributed by atoms with Crippen LogP contribution in [0.1, 0.15) is 31.2 Å². The molecule has 2 saturated carbocycles. The van der Waals surface area contributed by atoms with Gasteiger partial charge in [-0.2, -0.15) is 0 Å². The molecular formula is C14H16ClNO. The predicted molar refractivity (Wildman–Crippen MR) is 68.1 cm³/mol. The fraction of sp³-hybridized carbons (Fsp3) is 0.500. The molecule has 2 nitrogen and oxygen atoms in total. The van der Waals surface area contributed by atoms with E-state index in [1.165, 1.54) is 5.56 Å². The van der Waals surface area contributed by atoms with Crippen LogP contribution in [0.15, 0.2) is 24.3 Å². The van der Waals surface area contributed by atoms with Crippen LogP contribution < -0.4 is 5.32 Å². The zero-order valence-corrected chi connectivity index (χ0v) is 10.5. The van der Waals surface area contributed by atoms with Crippen molar-refractivity contribution in [3.8, 4) is 0 Å². The molecule has 0 atom stereocenters. The summed E-state index contributed by atoms with van der Waals surface area (Å²) in [6.45, 7) is 0.767. The minimum atomic E-state index is 0.162. The number of carbonyl (C=O) groups excluding carboxylic acids is 1. The van der Waals surface area contributed by atoms with E-state index in [1.807, 2.05) is 18.2 Å². The molecule has 0 radical (unpaired) electrons. The van der Waals surface area contributed by atoms with Gasteiger partial charge in [-0.05, 0) is 43.4 Å². The number of amides is 1. The lowest BCUT2D eigenvalue weighted by atomic mass is 9.96. The molecule has 2 fully saturated rings. The Labute approximate surface area is 106 Å². The summed E-state index contributed by atoms with van der Waals surface area (Å²) in [4.78, 5) is 11.6. The van der Waals surface area contributed by atoms with E-state index in [4.69, 9.17) is 11.6 Å². The molecular weight excluding hydrogens is 234 g/mol. The summed E-state index contributed by atoms with van der Waals surface area (Å²) >= 11 is 6.01. The van der Waals surface area contributed by atoms with Crippen molar-refractivity contribution < 1.29 is 4.79 Å². The molecule has 0 spiro atoms. The van der Waals surface area contributed by atoms with Gasteiger partial charge < -0.3 is 5.32 Å². The van der Waals surface area contributed by atoms with E-state index < -0.39 is 0 Å². The molecule has 3 rings (SSSR count). The van der Waals surface area contributed by atoms with Gasteiger partial charge in [-0.1, -0.05) is 23.7 Å². The molecule has 1 amide bonds. The molecule has 0 unspecified atom stereocenters. The average Bonchev–Trinajstić information content (AvgIpc) is 3.19. The number of hydrogen-bond donors (Lipinski definition) is 1. The summed E-state index contributed by atoms with van der Waals surface area (Å²) in [7, 11) is 0. The number of benzene rings is 1. The SMILES string of the molecule is O=C(NCC1(c2cccc(Cl)c2)CC1)C1CC1. The summed E-state index contributed by atoms with van der Waals surface area (Å²) in [5.74, 6) is 0.531. The van der Waals surface area contributed by atoms with Crippen molar-refractivity contribution in [2.45, 2.75) is 31.1 Å². The van der Waals surface area contributed by atoms with Crippen LogP contribution >= 0.6 is 11.6 Å². The molecule has 90 valence electrons. The van der Waals surface area contributed by atoms with Gasteiger partial charge in [0.15, 0.2) is 0 Å². The topological polar surface area (TPSA) is 29.1 Å². The molecule has 17 heavy (non-hydrogen) atoms. The molecule has 1 aromatic carbocycles. The lowest BCUT2D eigenvalue weighted by molar-refractivity contribution is -0.122. The van der Waals surface area contributed by atoms with E-state index in [9.17, 15) is 4.79 Å². The lowest BCUT2D eigenvalue weighted by Crippen LogP contribution is -2.33. The molecule has 2 aliphatic rings. The van der Waals surface area contributed by atoms with Gasteiger partial charge in [-0.15, -0.1) is 0 Å². The van der Waals surface area contributed by atoms with Crippen molar-refractivity contribution in [3.63, 3.8) is 0 Å². The number of halogens is 1. The van der Waals surface area contributed by atoms with Crippen LogP contribution in [0.5, 0.6) is 0 Å². The van der Waals surface area contributed by atoms with E-state index in [1.54, 1.807) is 0 Å². The maximum atomic E-state index is 11.6. The summed E-state index contributed by atoms with van der Waals surface area (Å²) in [5, 5.41) is 3.86. The Morgan fingerprint density at radius 3 is 2.76 bits per heavy atom. The fourth-order valence-corrected chi connectivity index (χ4v) is 2.47. The molecule has 3 heteroatoms. The van der Waals surface area contributed by atoms with Crippen molar-refractivity contribution in [2.24, 2.45) is 5.92 Å². The Balaban J connectivity index is 1.67. The first kappa shape index (κ1) is 11.1. The number of rotatable bonds is 4. The van der Waals surface area contributed by atoms with Crippen LogP contribution in [0.4, 0.5) is 0 Å². The fourth-order valence-electron chi connectivity index (χ4n) is 2.28. The molecule has 0 heterocycles. The van der Waals surface area contributed by atoms with Crippen LogP contribution in [-0.4, -0.2) is 12.5 Å². The zero-order chi connectivity index (χ0) is 11.9. The molecule has 0 aromatic heterocycles. The molecule has 2 aliphatic carbocycles. The van der Waals surface area contributed by atoms with Gasteiger partial charge >= 0.3 is 0 Å². The second kappa shape index (κ2) is 4.02. The van der Waals surface area contributed by atoms with Gasteiger partial charge in [0.1, 0.15) is 0 Å². The third kappa shape index (κ3) is 2.32. The van der Waals surface area contributed by atoms with Gasteiger partial charge in [0.05, 0.1) is 0 Å². The number of nitrogens with one attached hydrogen (secondary N) is 1. The van der Waals surface area contributed by atoms with Gasteiger partial charge in [0.2, 0.25) is 5.91 Å². The van der Waals surface area contributed by atoms with Crippen molar-refractivity contribution in [2.75, 3.05) is 6.54 Å². The van der Waals surface area contributed by atoms with Crippen LogP contribution in [-0.2, 0) is 10.2 Å².